The zero-order chi connectivity index (χ0) is 12.5. The third-order valence-corrected chi connectivity index (χ3v) is 5.04. The predicted octanol–water partition coefficient (Wildman–Crippen LogP) is 2.38. The van der Waals surface area contributed by atoms with Gasteiger partial charge in [0.2, 0.25) is 0 Å². The van der Waals surface area contributed by atoms with E-state index in [1.54, 1.807) is 0 Å². The van der Waals surface area contributed by atoms with E-state index in [1.165, 1.54) is 31.4 Å². The maximum absolute atomic E-state index is 4.25. The van der Waals surface area contributed by atoms with E-state index in [2.05, 4.69) is 23.4 Å². The summed E-state index contributed by atoms with van der Waals surface area (Å²) in [4.78, 5) is 0. The molecule has 100 valence electrons. The molecule has 18 heavy (non-hydrogen) atoms. The molecule has 2 saturated carbocycles. The van der Waals surface area contributed by atoms with Crippen LogP contribution in [0.5, 0.6) is 0 Å². The molecule has 0 saturated heterocycles. The van der Waals surface area contributed by atoms with Gasteiger partial charge >= 0.3 is 0 Å². The number of nitrogens with one attached hydrogen (secondary N) is 1. The first kappa shape index (κ1) is 12.2. The van der Waals surface area contributed by atoms with Crippen molar-refractivity contribution < 1.29 is 0 Å². The number of aromatic nitrogens is 2. The fourth-order valence-corrected chi connectivity index (χ4v) is 4.12. The smallest absolute Gasteiger partial charge is 0.0492 e. The Morgan fingerprint density at radius 1 is 1.44 bits per heavy atom. The van der Waals surface area contributed by atoms with Gasteiger partial charge in [0.05, 0.1) is 0 Å². The number of hydrogen-bond donors (Lipinski definition) is 1. The van der Waals surface area contributed by atoms with Crippen molar-refractivity contribution in [2.24, 2.45) is 24.8 Å². The molecule has 3 heteroatoms. The van der Waals surface area contributed by atoms with E-state index in [4.69, 9.17) is 0 Å². The summed E-state index contributed by atoms with van der Waals surface area (Å²) in [7, 11) is 2.05. The molecule has 0 bridgehead atoms. The van der Waals surface area contributed by atoms with Crippen LogP contribution < -0.4 is 5.32 Å². The first-order valence-corrected chi connectivity index (χ1v) is 7.51. The molecular formula is C15H25N3. The van der Waals surface area contributed by atoms with Gasteiger partial charge in [-0.1, -0.05) is 13.3 Å². The summed E-state index contributed by atoms with van der Waals surface area (Å²) in [6, 6.07) is 2.89. The number of rotatable bonds is 6. The molecule has 3 rings (SSSR count). The lowest BCUT2D eigenvalue weighted by atomic mass is 9.99. The summed E-state index contributed by atoms with van der Waals surface area (Å²) >= 11 is 0. The Kier molecular flexibility index (Phi) is 3.42. The van der Waals surface area contributed by atoms with E-state index in [0.717, 1.165) is 36.8 Å². The van der Waals surface area contributed by atoms with Gasteiger partial charge in [0, 0.05) is 25.0 Å². The van der Waals surface area contributed by atoms with Gasteiger partial charge < -0.3 is 5.32 Å². The lowest BCUT2D eigenvalue weighted by Crippen LogP contribution is -2.33. The Balaban J connectivity index is 1.56. The Hall–Kier alpha value is -0.830. The van der Waals surface area contributed by atoms with Gasteiger partial charge in [-0.05, 0) is 56.0 Å². The third kappa shape index (κ3) is 2.20. The molecule has 2 aliphatic rings. The van der Waals surface area contributed by atoms with Crippen LogP contribution in [0.1, 0.15) is 38.3 Å². The molecule has 3 nitrogen and oxygen atoms in total. The summed E-state index contributed by atoms with van der Waals surface area (Å²) in [6.45, 7) is 3.33. The quantitative estimate of drug-likeness (QED) is 0.836. The Morgan fingerprint density at radius 2 is 2.22 bits per heavy atom. The molecule has 3 atom stereocenters. The second-order valence-corrected chi connectivity index (χ2v) is 5.98. The zero-order valence-electron chi connectivity index (χ0n) is 11.6. The molecule has 0 spiro atoms. The second-order valence-electron chi connectivity index (χ2n) is 5.98. The van der Waals surface area contributed by atoms with E-state index >= 15 is 0 Å². The summed E-state index contributed by atoms with van der Waals surface area (Å²) < 4.78 is 2.01. The molecular weight excluding hydrogens is 222 g/mol. The molecule has 0 aromatic carbocycles. The number of nitrogens with zero attached hydrogens (tertiary/aromatic N) is 2. The highest BCUT2D eigenvalue weighted by Crippen LogP contribution is 2.59. The van der Waals surface area contributed by atoms with Crippen molar-refractivity contribution >= 4 is 0 Å². The molecule has 0 aliphatic heterocycles. The molecule has 2 fully saturated rings. The Morgan fingerprint density at radius 3 is 2.83 bits per heavy atom. The minimum absolute atomic E-state index is 0.736. The first-order valence-electron chi connectivity index (χ1n) is 7.51. The van der Waals surface area contributed by atoms with E-state index in [1.807, 2.05) is 17.9 Å². The Bertz CT molecular complexity index is 388. The SMILES string of the molecule is CCNC(CCc1ccnn1C)C1C2CCCC21. The van der Waals surface area contributed by atoms with E-state index in [9.17, 15) is 0 Å². The minimum Gasteiger partial charge on any atom is -0.314 e. The molecule has 0 amide bonds. The van der Waals surface area contributed by atoms with Gasteiger partial charge in [-0.25, -0.2) is 0 Å². The van der Waals surface area contributed by atoms with Gasteiger partial charge in [0.25, 0.3) is 0 Å². The number of fused-ring (bicyclic) bond motifs is 1. The van der Waals surface area contributed by atoms with Crippen LogP contribution in [0.3, 0.4) is 0 Å². The van der Waals surface area contributed by atoms with Gasteiger partial charge in [-0.2, -0.15) is 5.10 Å². The lowest BCUT2D eigenvalue weighted by Gasteiger charge is -2.19. The Labute approximate surface area is 110 Å². The summed E-state index contributed by atoms with van der Waals surface area (Å²) in [5, 5.41) is 7.98. The maximum Gasteiger partial charge on any atom is 0.0492 e. The first-order chi connectivity index (χ1) is 8.81. The minimum atomic E-state index is 0.736. The monoisotopic (exact) mass is 247 g/mol. The van der Waals surface area contributed by atoms with Crippen molar-refractivity contribution in [1.29, 1.82) is 0 Å². The molecule has 0 radical (unpaired) electrons. The number of aryl methyl sites for hydroxylation is 2. The van der Waals surface area contributed by atoms with Gasteiger partial charge in [-0.3, -0.25) is 4.68 Å². The van der Waals surface area contributed by atoms with E-state index in [-0.39, 0.29) is 0 Å². The molecule has 1 aromatic rings. The van der Waals surface area contributed by atoms with Crippen LogP contribution in [0, 0.1) is 17.8 Å². The second kappa shape index (κ2) is 5.04. The number of hydrogen-bond acceptors (Lipinski definition) is 2. The maximum atomic E-state index is 4.25. The van der Waals surface area contributed by atoms with Crippen molar-refractivity contribution in [2.45, 2.75) is 45.1 Å². The van der Waals surface area contributed by atoms with Crippen LogP contribution >= 0.6 is 0 Å². The normalized spacial score (nSPS) is 31.3. The topological polar surface area (TPSA) is 29.9 Å². The van der Waals surface area contributed by atoms with Gasteiger partial charge in [-0.15, -0.1) is 0 Å². The summed E-state index contributed by atoms with van der Waals surface area (Å²) in [6.07, 6.45) is 8.79. The van der Waals surface area contributed by atoms with E-state index < -0.39 is 0 Å². The summed E-state index contributed by atoms with van der Waals surface area (Å²) in [5.74, 6) is 3.09. The van der Waals surface area contributed by atoms with Gasteiger partial charge in [0.1, 0.15) is 0 Å². The fourth-order valence-electron chi connectivity index (χ4n) is 4.12. The molecule has 2 aliphatic carbocycles. The van der Waals surface area contributed by atoms with Crippen LogP contribution in [-0.2, 0) is 13.5 Å². The highest BCUT2D eigenvalue weighted by atomic mass is 15.2. The third-order valence-electron chi connectivity index (χ3n) is 5.04. The largest absolute Gasteiger partial charge is 0.314 e. The predicted molar refractivity (Wildman–Crippen MR) is 73.3 cm³/mol. The van der Waals surface area contributed by atoms with Crippen molar-refractivity contribution in [2.75, 3.05) is 6.54 Å². The fraction of sp³-hybridized carbons (Fsp3) is 0.800. The van der Waals surface area contributed by atoms with Crippen molar-refractivity contribution in [3.63, 3.8) is 0 Å². The summed E-state index contributed by atoms with van der Waals surface area (Å²) in [5.41, 5.74) is 1.36. The molecule has 1 aromatic heterocycles. The molecule has 3 unspecified atom stereocenters. The van der Waals surface area contributed by atoms with Gasteiger partial charge in [0.15, 0.2) is 0 Å². The average Bonchev–Trinajstić information content (AvgIpc) is 2.74. The zero-order valence-corrected chi connectivity index (χ0v) is 11.6. The molecule has 1 N–H and O–H groups in total. The lowest BCUT2D eigenvalue weighted by molar-refractivity contribution is 0.389. The highest BCUT2D eigenvalue weighted by Gasteiger charge is 2.55. The van der Waals surface area contributed by atoms with Crippen molar-refractivity contribution in [3.8, 4) is 0 Å². The van der Waals surface area contributed by atoms with Crippen LogP contribution in [0.15, 0.2) is 12.3 Å². The van der Waals surface area contributed by atoms with Crippen LogP contribution in [0.25, 0.3) is 0 Å². The standard InChI is InChI=1S/C15H25N3/c1-3-16-14(15-12-5-4-6-13(12)15)8-7-11-9-10-17-18(11)2/h9-10,12-16H,3-8H2,1-2H3. The van der Waals surface area contributed by atoms with E-state index in [0.29, 0.717) is 0 Å². The highest BCUT2D eigenvalue weighted by molar-refractivity contribution is 5.08. The van der Waals surface area contributed by atoms with Crippen molar-refractivity contribution in [1.82, 2.24) is 15.1 Å². The average molecular weight is 247 g/mol. The molecule has 1 heterocycles. The van der Waals surface area contributed by atoms with Crippen LogP contribution in [0.4, 0.5) is 0 Å². The van der Waals surface area contributed by atoms with Crippen molar-refractivity contribution in [3.05, 3.63) is 18.0 Å². The van der Waals surface area contributed by atoms with Crippen LogP contribution in [-0.4, -0.2) is 22.4 Å². The van der Waals surface area contributed by atoms with Crippen LogP contribution in [0.2, 0.25) is 0 Å².